The smallest absolute Gasteiger partial charge is 0.206 e. The number of fused-ring (bicyclic) bond motifs is 1. The van der Waals surface area contributed by atoms with Crippen molar-refractivity contribution in [2.45, 2.75) is 0 Å². The van der Waals surface area contributed by atoms with Gasteiger partial charge in [-0.05, 0) is 34.1 Å². The average molecular weight is 359 g/mol. The van der Waals surface area contributed by atoms with Crippen LogP contribution in [0.25, 0.3) is 16.7 Å². The van der Waals surface area contributed by atoms with Crippen LogP contribution in [0.4, 0.5) is 14.7 Å². The van der Waals surface area contributed by atoms with Crippen LogP contribution in [0.5, 0.6) is 0 Å². The number of aromatic nitrogens is 2. The number of imidazole rings is 1. The third-order valence-corrected chi connectivity index (χ3v) is 3.80. The van der Waals surface area contributed by atoms with Gasteiger partial charge >= 0.3 is 0 Å². The highest BCUT2D eigenvalue weighted by Gasteiger charge is 2.17. The van der Waals surface area contributed by atoms with Crippen LogP contribution in [0.2, 0.25) is 5.02 Å². The van der Waals surface area contributed by atoms with E-state index >= 15 is 0 Å². The fourth-order valence-corrected chi connectivity index (χ4v) is 2.60. The number of nitrogens with zero attached hydrogens (tertiary/aromatic N) is 2. The highest BCUT2D eigenvalue weighted by atomic mass is 79.9. The molecule has 1 heterocycles. The van der Waals surface area contributed by atoms with Gasteiger partial charge in [0.15, 0.2) is 0 Å². The Balaban J connectivity index is 2.41. The number of nitrogen functional groups attached to an aromatic ring is 1. The Morgan fingerprint density at radius 3 is 2.70 bits per heavy atom. The molecule has 2 aromatic carbocycles. The van der Waals surface area contributed by atoms with Crippen molar-refractivity contribution in [3.63, 3.8) is 0 Å². The molecule has 0 unspecified atom stereocenters. The summed E-state index contributed by atoms with van der Waals surface area (Å²) >= 11 is 9.04. The zero-order valence-electron chi connectivity index (χ0n) is 9.87. The van der Waals surface area contributed by atoms with Crippen LogP contribution in [0, 0.1) is 11.6 Å². The summed E-state index contributed by atoms with van der Waals surface area (Å²) in [5.41, 5.74) is 6.71. The predicted molar refractivity (Wildman–Crippen MR) is 78.1 cm³/mol. The first-order valence-corrected chi connectivity index (χ1v) is 6.73. The number of hydrogen-bond donors (Lipinski definition) is 1. The summed E-state index contributed by atoms with van der Waals surface area (Å²) < 4.78 is 29.1. The molecule has 0 radical (unpaired) electrons. The van der Waals surface area contributed by atoms with Crippen LogP contribution in [0.1, 0.15) is 0 Å². The first kappa shape index (κ1) is 13.3. The summed E-state index contributed by atoms with van der Waals surface area (Å²) in [6.07, 6.45) is 0. The van der Waals surface area contributed by atoms with Crippen molar-refractivity contribution in [2.75, 3.05) is 5.73 Å². The quantitative estimate of drug-likeness (QED) is 0.659. The van der Waals surface area contributed by atoms with Crippen molar-refractivity contribution in [2.24, 2.45) is 0 Å². The molecule has 0 fully saturated rings. The Morgan fingerprint density at radius 1 is 1.20 bits per heavy atom. The van der Waals surface area contributed by atoms with Gasteiger partial charge in [0, 0.05) is 6.07 Å². The Bertz CT molecular complexity index is 832. The maximum absolute atomic E-state index is 14.1. The molecule has 0 saturated carbocycles. The fraction of sp³-hybridized carbons (Fsp3) is 0. The summed E-state index contributed by atoms with van der Waals surface area (Å²) in [5.74, 6) is -1.20. The molecule has 0 aliphatic carbocycles. The lowest BCUT2D eigenvalue weighted by atomic mass is 10.2. The molecule has 7 heteroatoms. The van der Waals surface area contributed by atoms with Crippen LogP contribution in [0.3, 0.4) is 0 Å². The van der Waals surface area contributed by atoms with Crippen molar-refractivity contribution in [1.29, 1.82) is 0 Å². The summed E-state index contributed by atoms with van der Waals surface area (Å²) in [6, 6.07) is 7.11. The molecule has 0 atom stereocenters. The molecule has 0 saturated heterocycles. The zero-order valence-corrected chi connectivity index (χ0v) is 12.2. The Kier molecular flexibility index (Phi) is 3.14. The first-order chi connectivity index (χ1) is 9.49. The van der Waals surface area contributed by atoms with E-state index in [1.54, 1.807) is 18.2 Å². The SMILES string of the molecule is Nc1nc2cccc(Cl)c2n1-c1cc(F)c(Br)cc1F. The highest BCUT2D eigenvalue weighted by Crippen LogP contribution is 2.31. The average Bonchev–Trinajstić information content (AvgIpc) is 2.71. The lowest BCUT2D eigenvalue weighted by Crippen LogP contribution is -2.04. The lowest BCUT2D eigenvalue weighted by molar-refractivity contribution is 0.589. The van der Waals surface area contributed by atoms with E-state index < -0.39 is 11.6 Å². The maximum atomic E-state index is 14.1. The van der Waals surface area contributed by atoms with E-state index in [1.807, 2.05) is 0 Å². The van der Waals surface area contributed by atoms with E-state index in [2.05, 4.69) is 20.9 Å². The van der Waals surface area contributed by atoms with E-state index in [0.717, 1.165) is 12.1 Å². The molecule has 3 aromatic rings. The number of nitrogens with two attached hydrogens (primary N) is 1. The number of hydrogen-bond acceptors (Lipinski definition) is 2. The molecule has 0 spiro atoms. The van der Waals surface area contributed by atoms with Gasteiger partial charge in [0.05, 0.1) is 26.2 Å². The number of benzene rings is 2. The standard InChI is InChI=1S/C13H7BrClF2N3/c14-6-4-9(17)11(5-8(6)16)20-12-7(15)2-1-3-10(12)19-13(20)18/h1-5H,(H2,18,19). The van der Waals surface area contributed by atoms with Gasteiger partial charge in [-0.15, -0.1) is 0 Å². The third-order valence-electron chi connectivity index (χ3n) is 2.88. The molecular weight excluding hydrogens is 352 g/mol. The second-order valence-corrected chi connectivity index (χ2v) is 5.39. The monoisotopic (exact) mass is 357 g/mol. The minimum absolute atomic E-state index is 0.0350. The lowest BCUT2D eigenvalue weighted by Gasteiger charge is -2.09. The van der Waals surface area contributed by atoms with Gasteiger partial charge in [0.25, 0.3) is 0 Å². The van der Waals surface area contributed by atoms with E-state index in [1.165, 1.54) is 4.57 Å². The van der Waals surface area contributed by atoms with Crippen LogP contribution in [-0.4, -0.2) is 9.55 Å². The first-order valence-electron chi connectivity index (χ1n) is 5.56. The number of halogens is 4. The molecule has 2 N–H and O–H groups in total. The Morgan fingerprint density at radius 2 is 1.95 bits per heavy atom. The van der Waals surface area contributed by atoms with E-state index in [0.29, 0.717) is 16.1 Å². The Hall–Kier alpha value is -1.66. The molecular formula is C13H7BrClF2N3. The molecule has 0 amide bonds. The molecule has 1 aromatic heterocycles. The fourth-order valence-electron chi connectivity index (χ4n) is 2.03. The largest absolute Gasteiger partial charge is 0.369 e. The van der Waals surface area contributed by atoms with E-state index in [4.69, 9.17) is 17.3 Å². The van der Waals surface area contributed by atoms with Crippen LogP contribution in [0.15, 0.2) is 34.8 Å². The number of para-hydroxylation sites is 1. The van der Waals surface area contributed by atoms with Gasteiger partial charge in [-0.25, -0.2) is 13.8 Å². The van der Waals surface area contributed by atoms with Gasteiger partial charge in [-0.2, -0.15) is 0 Å². The topological polar surface area (TPSA) is 43.8 Å². The van der Waals surface area contributed by atoms with Gasteiger partial charge in [-0.1, -0.05) is 17.7 Å². The van der Waals surface area contributed by atoms with Crippen molar-refractivity contribution in [3.05, 3.63) is 51.5 Å². The molecule has 20 heavy (non-hydrogen) atoms. The second-order valence-electron chi connectivity index (χ2n) is 4.13. The normalized spacial score (nSPS) is 11.2. The van der Waals surface area contributed by atoms with Crippen LogP contribution in [-0.2, 0) is 0 Å². The summed E-state index contributed by atoms with van der Waals surface area (Å²) in [5, 5.41) is 0.356. The molecule has 102 valence electrons. The second kappa shape index (κ2) is 4.71. The van der Waals surface area contributed by atoms with Gasteiger partial charge in [-0.3, -0.25) is 4.57 Å². The van der Waals surface area contributed by atoms with Gasteiger partial charge < -0.3 is 5.73 Å². The maximum Gasteiger partial charge on any atom is 0.206 e. The molecule has 3 nitrogen and oxygen atoms in total. The predicted octanol–water partition coefficient (Wildman–Crippen LogP) is 4.30. The van der Waals surface area contributed by atoms with E-state index in [9.17, 15) is 8.78 Å². The minimum Gasteiger partial charge on any atom is -0.369 e. The van der Waals surface area contributed by atoms with Crippen LogP contribution < -0.4 is 5.73 Å². The minimum atomic E-state index is -0.635. The molecule has 0 aliphatic rings. The highest BCUT2D eigenvalue weighted by molar-refractivity contribution is 9.10. The molecule has 0 aliphatic heterocycles. The Labute approximate surface area is 126 Å². The van der Waals surface area contributed by atoms with Gasteiger partial charge in [0.2, 0.25) is 5.95 Å². The summed E-state index contributed by atoms with van der Waals surface area (Å²) in [4.78, 5) is 4.10. The number of anilines is 1. The van der Waals surface area contributed by atoms with Crippen molar-refractivity contribution in [3.8, 4) is 5.69 Å². The van der Waals surface area contributed by atoms with Crippen LogP contribution >= 0.6 is 27.5 Å². The third kappa shape index (κ3) is 1.96. The molecule has 0 bridgehead atoms. The van der Waals surface area contributed by atoms with Crippen molar-refractivity contribution >= 4 is 44.5 Å². The van der Waals surface area contributed by atoms with E-state index in [-0.39, 0.29) is 16.1 Å². The zero-order chi connectivity index (χ0) is 14.4. The number of rotatable bonds is 1. The summed E-state index contributed by atoms with van der Waals surface area (Å²) in [7, 11) is 0. The molecule has 3 rings (SSSR count). The van der Waals surface area contributed by atoms with Crippen molar-refractivity contribution in [1.82, 2.24) is 9.55 Å². The van der Waals surface area contributed by atoms with Crippen molar-refractivity contribution < 1.29 is 8.78 Å². The van der Waals surface area contributed by atoms with Gasteiger partial charge in [0.1, 0.15) is 11.6 Å². The summed E-state index contributed by atoms with van der Waals surface area (Å²) in [6.45, 7) is 0.